The molecule has 1 heterocycles. The van der Waals surface area contributed by atoms with Gasteiger partial charge in [-0.2, -0.15) is 9.78 Å². The number of hydrogen-bond acceptors (Lipinski definition) is 4. The number of hydrogen-bond donors (Lipinski definition) is 0. The maximum absolute atomic E-state index is 11.9. The maximum atomic E-state index is 11.9. The highest BCUT2D eigenvalue weighted by atomic mass is 32.1. The van der Waals surface area contributed by atoms with Gasteiger partial charge in [-0.15, -0.1) is 0 Å². The lowest BCUT2D eigenvalue weighted by Gasteiger charge is -2.02. The van der Waals surface area contributed by atoms with E-state index in [0.29, 0.717) is 10.4 Å². The fourth-order valence-electron chi connectivity index (χ4n) is 2.22. The van der Waals surface area contributed by atoms with E-state index in [4.69, 9.17) is 12.2 Å². The van der Waals surface area contributed by atoms with Gasteiger partial charge in [-0.3, -0.25) is 4.79 Å². The molecule has 1 aromatic rings. The molecule has 0 amide bonds. The Bertz CT molecular complexity index is 451. The molecule has 0 aliphatic heterocycles. The van der Waals surface area contributed by atoms with Crippen LogP contribution in [0.5, 0.6) is 0 Å². The van der Waals surface area contributed by atoms with Crippen LogP contribution in [0.15, 0.2) is 0 Å². The minimum absolute atomic E-state index is 0.0438. The van der Waals surface area contributed by atoms with Crippen molar-refractivity contribution >= 4 is 29.5 Å². The molecule has 1 rings (SSSR count). The van der Waals surface area contributed by atoms with Gasteiger partial charge in [-0.05, 0) is 25.6 Å². The van der Waals surface area contributed by atoms with Crippen LogP contribution in [0.2, 0.25) is 0 Å². The summed E-state index contributed by atoms with van der Waals surface area (Å²) in [5.74, 6) is 0.0438. The Kier molecular flexibility index (Phi) is 8.94. The van der Waals surface area contributed by atoms with Crippen LogP contribution in [0.3, 0.4) is 0 Å². The van der Waals surface area contributed by atoms with E-state index in [1.165, 1.54) is 61.0 Å². The standard InChI is InChI=1S/C15H26N2OS2/c1-3-4-5-6-7-8-9-10-11-12-14(18)17-15(19)20-13(2)16-17/h3-12H2,1-2H3. The molecule has 1 aromatic heterocycles. The van der Waals surface area contributed by atoms with E-state index in [-0.39, 0.29) is 5.91 Å². The van der Waals surface area contributed by atoms with Gasteiger partial charge >= 0.3 is 0 Å². The number of unbranched alkanes of at least 4 members (excludes halogenated alkanes) is 8. The Hall–Kier alpha value is -0.550. The zero-order valence-electron chi connectivity index (χ0n) is 12.7. The highest BCUT2D eigenvalue weighted by Gasteiger charge is 2.08. The molecule has 0 spiro atoms. The summed E-state index contributed by atoms with van der Waals surface area (Å²) in [7, 11) is 0. The molecular formula is C15H26N2OS2. The predicted molar refractivity (Wildman–Crippen MR) is 88.1 cm³/mol. The lowest BCUT2D eigenvalue weighted by Crippen LogP contribution is -2.12. The number of aromatic nitrogens is 2. The van der Waals surface area contributed by atoms with Gasteiger partial charge < -0.3 is 0 Å². The molecule has 0 saturated carbocycles. The predicted octanol–water partition coefficient (Wildman–Crippen LogP) is 5.54. The third-order valence-corrected chi connectivity index (χ3v) is 4.53. The van der Waals surface area contributed by atoms with Gasteiger partial charge in [0.1, 0.15) is 5.01 Å². The van der Waals surface area contributed by atoms with E-state index >= 15 is 0 Å². The summed E-state index contributed by atoms with van der Waals surface area (Å²) in [4.78, 5) is 11.9. The SMILES string of the molecule is CCCCCCCCCCCC(=O)n1nc(C)sc1=S. The van der Waals surface area contributed by atoms with Crippen LogP contribution in [0, 0.1) is 10.9 Å². The fraction of sp³-hybridized carbons (Fsp3) is 0.800. The van der Waals surface area contributed by atoms with Crippen LogP contribution in [0.25, 0.3) is 0 Å². The maximum Gasteiger partial charge on any atom is 0.248 e. The second-order valence-electron chi connectivity index (χ2n) is 5.27. The normalized spacial score (nSPS) is 10.9. The molecule has 0 aliphatic carbocycles. The van der Waals surface area contributed by atoms with Crippen molar-refractivity contribution in [2.45, 2.75) is 78.1 Å². The first-order valence-corrected chi connectivity index (χ1v) is 8.97. The molecule has 0 bridgehead atoms. The second kappa shape index (κ2) is 10.2. The minimum atomic E-state index is 0.0438. The Balaban J connectivity index is 2.05. The van der Waals surface area contributed by atoms with Crippen molar-refractivity contribution in [1.82, 2.24) is 9.78 Å². The molecule has 0 N–H and O–H groups in total. The molecule has 0 aliphatic rings. The number of carbonyl (C=O) groups is 1. The van der Waals surface area contributed by atoms with Crippen molar-refractivity contribution in [1.29, 1.82) is 0 Å². The van der Waals surface area contributed by atoms with Gasteiger partial charge in [0, 0.05) is 6.42 Å². The number of aryl methyl sites for hydroxylation is 1. The van der Waals surface area contributed by atoms with Crippen LogP contribution in [-0.2, 0) is 0 Å². The van der Waals surface area contributed by atoms with E-state index in [9.17, 15) is 4.79 Å². The Labute approximate surface area is 131 Å². The van der Waals surface area contributed by atoms with Crippen LogP contribution >= 0.6 is 23.6 Å². The van der Waals surface area contributed by atoms with Crippen molar-refractivity contribution in [3.8, 4) is 0 Å². The zero-order valence-corrected chi connectivity index (χ0v) is 14.3. The molecule has 5 heteroatoms. The zero-order chi connectivity index (χ0) is 14.8. The summed E-state index contributed by atoms with van der Waals surface area (Å²) in [5.41, 5.74) is 0. The van der Waals surface area contributed by atoms with E-state index in [2.05, 4.69) is 12.0 Å². The molecule has 3 nitrogen and oxygen atoms in total. The van der Waals surface area contributed by atoms with Crippen LogP contribution < -0.4 is 0 Å². The number of rotatable bonds is 10. The molecule has 0 radical (unpaired) electrons. The first-order valence-electron chi connectivity index (χ1n) is 7.75. The first kappa shape index (κ1) is 17.5. The largest absolute Gasteiger partial charge is 0.273 e. The van der Waals surface area contributed by atoms with E-state index in [1.54, 1.807) is 0 Å². The molecule has 0 atom stereocenters. The monoisotopic (exact) mass is 314 g/mol. The van der Waals surface area contributed by atoms with Crippen LogP contribution in [0.4, 0.5) is 0 Å². The lowest BCUT2D eigenvalue weighted by molar-refractivity contribution is 0.0881. The van der Waals surface area contributed by atoms with Crippen molar-refractivity contribution in [2.24, 2.45) is 0 Å². The summed E-state index contributed by atoms with van der Waals surface area (Å²) < 4.78 is 1.96. The Morgan fingerprint density at radius 2 is 1.65 bits per heavy atom. The smallest absolute Gasteiger partial charge is 0.248 e. The van der Waals surface area contributed by atoms with Gasteiger partial charge in [0.15, 0.2) is 3.95 Å². The number of carbonyl (C=O) groups excluding carboxylic acids is 1. The Morgan fingerprint density at radius 1 is 1.10 bits per heavy atom. The van der Waals surface area contributed by atoms with E-state index in [0.717, 1.165) is 17.8 Å². The third-order valence-electron chi connectivity index (χ3n) is 3.38. The lowest BCUT2D eigenvalue weighted by atomic mass is 10.1. The Morgan fingerprint density at radius 3 is 2.15 bits per heavy atom. The first-order chi connectivity index (χ1) is 9.65. The van der Waals surface area contributed by atoms with Gasteiger partial charge in [0.2, 0.25) is 5.91 Å². The summed E-state index contributed by atoms with van der Waals surface area (Å²) in [6.45, 7) is 4.12. The third kappa shape index (κ3) is 6.75. The van der Waals surface area contributed by atoms with Gasteiger partial charge in [0.25, 0.3) is 0 Å². The van der Waals surface area contributed by atoms with Crippen molar-refractivity contribution < 1.29 is 4.79 Å². The van der Waals surface area contributed by atoms with Gasteiger partial charge in [-0.1, -0.05) is 69.6 Å². The topological polar surface area (TPSA) is 34.9 Å². The summed E-state index contributed by atoms with van der Waals surface area (Å²) >= 11 is 6.52. The highest BCUT2D eigenvalue weighted by Crippen LogP contribution is 2.12. The van der Waals surface area contributed by atoms with Crippen molar-refractivity contribution in [2.75, 3.05) is 0 Å². The highest BCUT2D eigenvalue weighted by molar-refractivity contribution is 7.73. The van der Waals surface area contributed by atoms with Gasteiger partial charge in [0.05, 0.1) is 0 Å². The molecule has 0 fully saturated rings. The molecular weight excluding hydrogens is 288 g/mol. The average Bonchev–Trinajstić information content (AvgIpc) is 2.75. The summed E-state index contributed by atoms with van der Waals surface area (Å²) in [6.07, 6.45) is 11.9. The summed E-state index contributed by atoms with van der Waals surface area (Å²) in [5, 5.41) is 5.01. The minimum Gasteiger partial charge on any atom is -0.273 e. The quantitative estimate of drug-likeness (QED) is 0.420. The van der Waals surface area contributed by atoms with Crippen LogP contribution in [0.1, 0.15) is 80.9 Å². The number of nitrogens with zero attached hydrogens (tertiary/aromatic N) is 2. The molecule has 114 valence electrons. The average molecular weight is 315 g/mol. The van der Waals surface area contributed by atoms with E-state index in [1.807, 2.05) is 6.92 Å². The summed E-state index contributed by atoms with van der Waals surface area (Å²) in [6, 6.07) is 0. The van der Waals surface area contributed by atoms with Crippen LogP contribution in [-0.4, -0.2) is 15.7 Å². The van der Waals surface area contributed by atoms with E-state index < -0.39 is 0 Å². The van der Waals surface area contributed by atoms with Crippen molar-refractivity contribution in [3.05, 3.63) is 8.96 Å². The fourth-order valence-corrected chi connectivity index (χ4v) is 3.33. The van der Waals surface area contributed by atoms with Gasteiger partial charge in [-0.25, -0.2) is 0 Å². The molecule has 0 saturated heterocycles. The molecule has 0 aromatic carbocycles. The second-order valence-corrected chi connectivity index (χ2v) is 7.10. The molecule has 0 unspecified atom stereocenters. The molecule has 20 heavy (non-hydrogen) atoms. The van der Waals surface area contributed by atoms with Crippen molar-refractivity contribution in [3.63, 3.8) is 0 Å².